The maximum Gasteiger partial charge on any atom is 0.220 e. The third-order valence-corrected chi connectivity index (χ3v) is 9.63. The molecule has 35 heavy (non-hydrogen) atoms. The zero-order chi connectivity index (χ0) is 25.0. The zero-order valence-electron chi connectivity index (χ0n) is 20.9. The number of ether oxygens (including phenoxy) is 1. The standard InChI is InChI=1S/C27H35FN2O4S/c1-15-24(34-28)18-6-5-10-27(4)22(33-27)13-19(17-7-8-21-20(12-17)29-16(2)35-21)30-23(31)9-11-26(3,14-18)25(15)32/h7-8,12,15,18-19,22,24H,5-6,9-11,13-14H2,1-4H3,(H,30,31)/t15-,18-,19?,22?,24?,26?,27-/m1/s1. The summed E-state index contributed by atoms with van der Waals surface area (Å²) >= 11 is 1.66. The first-order chi connectivity index (χ1) is 16.6. The Hall–Kier alpha value is -1.90. The molecule has 7 atom stereocenters. The van der Waals surface area contributed by atoms with Gasteiger partial charge in [0, 0.05) is 24.2 Å². The Morgan fingerprint density at radius 3 is 2.83 bits per heavy atom. The highest BCUT2D eigenvalue weighted by Crippen LogP contribution is 2.49. The molecule has 190 valence electrons. The minimum Gasteiger partial charge on any atom is -0.366 e. The number of carbonyl (C=O) groups excluding carboxylic acids is 2. The van der Waals surface area contributed by atoms with Crippen LogP contribution in [-0.2, 0) is 19.3 Å². The van der Waals surface area contributed by atoms with Crippen molar-refractivity contribution in [2.45, 2.75) is 96.5 Å². The molecule has 2 bridgehead atoms. The van der Waals surface area contributed by atoms with Gasteiger partial charge >= 0.3 is 0 Å². The number of aryl methyl sites for hydroxylation is 1. The van der Waals surface area contributed by atoms with Gasteiger partial charge in [0.05, 0.1) is 33.0 Å². The van der Waals surface area contributed by atoms with Gasteiger partial charge in [-0.25, -0.2) is 4.98 Å². The van der Waals surface area contributed by atoms with Gasteiger partial charge in [0.1, 0.15) is 11.9 Å². The third kappa shape index (κ3) is 4.77. The third-order valence-electron chi connectivity index (χ3n) is 8.67. The number of hydrogen-bond donors (Lipinski definition) is 1. The summed E-state index contributed by atoms with van der Waals surface area (Å²) in [6, 6.07) is 6.03. The fourth-order valence-electron chi connectivity index (χ4n) is 6.49. The largest absolute Gasteiger partial charge is 0.366 e. The number of halogens is 1. The number of amides is 1. The highest BCUT2D eigenvalue weighted by atomic mass is 32.1. The fourth-order valence-corrected chi connectivity index (χ4v) is 7.30. The molecule has 2 aliphatic heterocycles. The SMILES string of the molecule is Cc1nc2cc(C3CC4O[C@]4(C)CCC[C@@H]4CC(C)(CCC(=O)N3)C(=O)[C@H](C)C4OF)ccc2s1. The summed E-state index contributed by atoms with van der Waals surface area (Å²) in [4.78, 5) is 35.3. The number of rotatable bonds is 2. The molecule has 2 saturated heterocycles. The first-order valence-corrected chi connectivity index (χ1v) is 13.6. The van der Waals surface area contributed by atoms with Crippen LogP contribution < -0.4 is 5.32 Å². The summed E-state index contributed by atoms with van der Waals surface area (Å²) in [7, 11) is 0. The Morgan fingerprint density at radius 2 is 2.06 bits per heavy atom. The number of benzene rings is 1. The molecule has 4 unspecified atom stereocenters. The van der Waals surface area contributed by atoms with Crippen molar-refractivity contribution in [2.24, 2.45) is 17.3 Å². The van der Waals surface area contributed by atoms with Crippen LogP contribution in [0, 0.1) is 24.2 Å². The molecular weight excluding hydrogens is 467 g/mol. The quantitative estimate of drug-likeness (QED) is 0.527. The van der Waals surface area contributed by atoms with E-state index in [2.05, 4.69) is 40.4 Å². The minimum absolute atomic E-state index is 0.00486. The van der Waals surface area contributed by atoms with E-state index in [1.54, 1.807) is 18.3 Å². The van der Waals surface area contributed by atoms with Crippen molar-refractivity contribution in [2.75, 3.05) is 0 Å². The summed E-state index contributed by atoms with van der Waals surface area (Å²) < 4.78 is 20.8. The number of hydrogen-bond acceptors (Lipinski definition) is 6. The topological polar surface area (TPSA) is 80.8 Å². The Morgan fingerprint density at radius 1 is 1.26 bits per heavy atom. The molecule has 3 aliphatic rings. The van der Waals surface area contributed by atoms with Crippen LogP contribution in [-0.4, -0.2) is 34.5 Å². The predicted molar refractivity (Wildman–Crippen MR) is 133 cm³/mol. The number of nitrogens with zero attached hydrogens (tertiary/aromatic N) is 1. The molecule has 1 aliphatic carbocycles. The van der Waals surface area contributed by atoms with Crippen LogP contribution in [0.25, 0.3) is 10.2 Å². The summed E-state index contributed by atoms with van der Waals surface area (Å²) in [5, 5.41) is 4.25. The fraction of sp³-hybridized carbons (Fsp3) is 0.667. The van der Waals surface area contributed by atoms with Gasteiger partial charge in [-0.05, 0) is 67.7 Å². The van der Waals surface area contributed by atoms with Gasteiger partial charge in [0.25, 0.3) is 0 Å². The van der Waals surface area contributed by atoms with Crippen LogP contribution in [0.15, 0.2) is 18.2 Å². The molecule has 3 fully saturated rings. The van der Waals surface area contributed by atoms with Gasteiger partial charge < -0.3 is 10.1 Å². The van der Waals surface area contributed by atoms with E-state index in [4.69, 9.17) is 4.74 Å². The molecule has 6 nitrogen and oxygen atoms in total. The van der Waals surface area contributed by atoms with Crippen LogP contribution >= 0.6 is 11.3 Å². The van der Waals surface area contributed by atoms with Gasteiger partial charge in [0.15, 0.2) is 0 Å². The van der Waals surface area contributed by atoms with E-state index >= 15 is 0 Å². The van der Waals surface area contributed by atoms with Crippen molar-refractivity contribution in [3.8, 4) is 0 Å². The number of carbonyl (C=O) groups is 2. The lowest BCUT2D eigenvalue weighted by Crippen LogP contribution is -2.49. The second-order valence-corrected chi connectivity index (χ2v) is 12.6. The lowest BCUT2D eigenvalue weighted by molar-refractivity contribution is -0.226. The van der Waals surface area contributed by atoms with E-state index in [1.807, 2.05) is 13.8 Å². The van der Waals surface area contributed by atoms with Crippen LogP contribution in [0.4, 0.5) is 4.53 Å². The van der Waals surface area contributed by atoms with Crippen molar-refractivity contribution in [1.82, 2.24) is 10.3 Å². The maximum atomic E-state index is 13.5. The first kappa shape index (κ1) is 24.8. The molecule has 1 aromatic carbocycles. The number of Topliss-reactive ketones (excluding diaryl/α,β-unsaturated/α-hetero) is 1. The van der Waals surface area contributed by atoms with E-state index < -0.39 is 17.4 Å². The molecular formula is C27H35FN2O4S. The Labute approximate surface area is 209 Å². The number of ketones is 1. The molecule has 0 radical (unpaired) electrons. The van der Waals surface area contributed by atoms with Crippen LogP contribution in [0.3, 0.4) is 0 Å². The van der Waals surface area contributed by atoms with E-state index in [0.29, 0.717) is 19.3 Å². The molecule has 1 saturated carbocycles. The highest BCUT2D eigenvalue weighted by Gasteiger charge is 2.53. The second-order valence-electron chi connectivity index (χ2n) is 11.4. The molecule has 5 rings (SSSR count). The summed E-state index contributed by atoms with van der Waals surface area (Å²) in [5.74, 6) is -0.660. The number of aromatic nitrogens is 1. The van der Waals surface area contributed by atoms with E-state index in [-0.39, 0.29) is 41.8 Å². The second kappa shape index (κ2) is 9.20. The first-order valence-electron chi connectivity index (χ1n) is 12.8. The van der Waals surface area contributed by atoms with Crippen molar-refractivity contribution >= 4 is 33.2 Å². The van der Waals surface area contributed by atoms with Crippen molar-refractivity contribution in [3.63, 3.8) is 0 Å². The van der Waals surface area contributed by atoms with Gasteiger partial charge in [-0.2, -0.15) is 4.94 Å². The molecule has 2 aromatic rings. The van der Waals surface area contributed by atoms with Crippen LogP contribution in [0.1, 0.15) is 82.3 Å². The maximum absolute atomic E-state index is 13.5. The van der Waals surface area contributed by atoms with E-state index in [9.17, 15) is 14.1 Å². The monoisotopic (exact) mass is 502 g/mol. The summed E-state index contributed by atoms with van der Waals surface area (Å²) in [5.41, 5.74) is 1.07. The van der Waals surface area contributed by atoms with Gasteiger partial charge in [-0.15, -0.1) is 11.3 Å². The predicted octanol–water partition coefficient (Wildman–Crippen LogP) is 5.77. The van der Waals surface area contributed by atoms with Crippen molar-refractivity contribution in [1.29, 1.82) is 0 Å². The number of epoxide rings is 1. The summed E-state index contributed by atoms with van der Waals surface area (Å²) in [6.07, 6.45) is 3.79. The molecule has 1 aromatic heterocycles. The normalized spacial score (nSPS) is 38.5. The van der Waals surface area contributed by atoms with E-state index in [0.717, 1.165) is 40.1 Å². The molecule has 1 N–H and O–H groups in total. The zero-order valence-corrected chi connectivity index (χ0v) is 21.8. The van der Waals surface area contributed by atoms with E-state index in [1.165, 1.54) is 0 Å². The lowest BCUT2D eigenvalue weighted by Gasteiger charge is -2.43. The van der Waals surface area contributed by atoms with Crippen LogP contribution in [0.5, 0.6) is 0 Å². The molecule has 0 spiro atoms. The van der Waals surface area contributed by atoms with Gasteiger partial charge in [-0.1, -0.05) is 26.3 Å². The lowest BCUT2D eigenvalue weighted by atomic mass is 9.61. The van der Waals surface area contributed by atoms with Crippen molar-refractivity contribution in [3.05, 3.63) is 28.8 Å². The molecule has 3 heterocycles. The molecule has 1 amide bonds. The highest BCUT2D eigenvalue weighted by molar-refractivity contribution is 7.18. The Bertz CT molecular complexity index is 1140. The molecule has 8 heteroatoms. The van der Waals surface area contributed by atoms with Gasteiger partial charge in [0.2, 0.25) is 5.91 Å². The Balaban J connectivity index is 1.41. The number of thiazole rings is 1. The minimum atomic E-state index is -0.713. The van der Waals surface area contributed by atoms with Crippen molar-refractivity contribution < 1.29 is 23.8 Å². The average molecular weight is 503 g/mol. The van der Waals surface area contributed by atoms with Gasteiger partial charge in [-0.3, -0.25) is 9.59 Å². The smallest absolute Gasteiger partial charge is 0.220 e. The van der Waals surface area contributed by atoms with Crippen LogP contribution in [0.2, 0.25) is 0 Å². The number of nitrogens with one attached hydrogen (secondary N) is 1. The Kier molecular flexibility index (Phi) is 6.51. The average Bonchev–Trinajstić information content (AvgIpc) is 3.28. The number of fused-ring (bicyclic) bond motifs is 4. The summed E-state index contributed by atoms with van der Waals surface area (Å²) in [6.45, 7) is 7.81.